The van der Waals surface area contributed by atoms with Crippen LogP contribution in [-0.2, 0) is 39.9 Å². The highest BCUT2D eigenvalue weighted by atomic mass is 79.9. The van der Waals surface area contributed by atoms with Gasteiger partial charge in [0.05, 0.1) is 31.2 Å². The van der Waals surface area contributed by atoms with Gasteiger partial charge in [0, 0.05) is 31.1 Å². The van der Waals surface area contributed by atoms with Crippen molar-refractivity contribution in [1.82, 2.24) is 15.1 Å². The summed E-state index contributed by atoms with van der Waals surface area (Å²) in [6.45, 7) is 3.88. The Morgan fingerprint density at radius 1 is 1.00 bits per heavy atom. The number of nitrogens with zero attached hydrogens (tertiary/aromatic N) is 2. The molecule has 0 unspecified atom stereocenters. The van der Waals surface area contributed by atoms with Crippen LogP contribution in [0.2, 0.25) is 0 Å². The molecule has 0 aliphatic carbocycles. The van der Waals surface area contributed by atoms with Crippen LogP contribution < -0.4 is 5.32 Å². The Morgan fingerprint density at radius 3 is 2.36 bits per heavy atom. The second-order valence-corrected chi connectivity index (χ2v) is 14.6. The van der Waals surface area contributed by atoms with Crippen LogP contribution >= 0.6 is 15.9 Å². The fraction of sp³-hybridized carbons (Fsp3) is 0.474. The number of ether oxygens (including phenoxy) is 3. The first-order chi connectivity index (χ1) is 24.1. The number of carbonyl (C=O) groups excluding carboxylic acids is 4. The normalized spacial score (nSPS) is 31.4. The highest BCUT2D eigenvalue weighted by Gasteiger charge is 2.75. The monoisotopic (exact) mass is 749 g/mol. The van der Waals surface area contributed by atoms with Gasteiger partial charge in [-0.15, -0.1) is 0 Å². The molecule has 0 saturated carbocycles. The molecule has 4 heterocycles. The highest BCUT2D eigenvalue weighted by Crippen LogP contribution is 2.59. The van der Waals surface area contributed by atoms with Gasteiger partial charge in [-0.25, -0.2) is 0 Å². The second kappa shape index (κ2) is 15.2. The fourth-order valence-electron chi connectivity index (χ4n) is 7.82. The summed E-state index contributed by atoms with van der Waals surface area (Å²) in [6.07, 6.45) is 4.19. The number of methoxy groups -OCH3 is 1. The van der Waals surface area contributed by atoms with Gasteiger partial charge in [-0.1, -0.05) is 103 Å². The zero-order valence-electron chi connectivity index (χ0n) is 28.4. The molecule has 6 rings (SSSR count). The minimum Gasteiger partial charge on any atom is -0.455 e. The lowest BCUT2D eigenvalue weighted by Gasteiger charge is -2.40. The number of aliphatic hydroxyl groups is 1. The first-order valence-electron chi connectivity index (χ1n) is 17.1. The van der Waals surface area contributed by atoms with Crippen LogP contribution in [-0.4, -0.2) is 95.3 Å². The van der Waals surface area contributed by atoms with Crippen molar-refractivity contribution in [2.24, 2.45) is 17.8 Å². The van der Waals surface area contributed by atoms with E-state index in [1.165, 1.54) is 12.0 Å². The maximum absolute atomic E-state index is 15.0. The van der Waals surface area contributed by atoms with Crippen molar-refractivity contribution in [2.75, 3.05) is 26.9 Å². The molecule has 0 radical (unpaired) electrons. The number of allylic oxidation sites excluding steroid dienone is 1. The molecule has 0 aromatic heterocycles. The van der Waals surface area contributed by atoms with E-state index in [0.717, 1.165) is 5.56 Å². The zero-order chi connectivity index (χ0) is 35.6. The third kappa shape index (κ3) is 6.66. The lowest BCUT2D eigenvalue weighted by molar-refractivity contribution is -0.163. The number of carbonyl (C=O) groups is 4. The van der Waals surface area contributed by atoms with Gasteiger partial charge in [-0.05, 0) is 29.5 Å². The van der Waals surface area contributed by atoms with Gasteiger partial charge >= 0.3 is 5.97 Å². The highest BCUT2D eigenvalue weighted by molar-refractivity contribution is 9.11. The van der Waals surface area contributed by atoms with Crippen molar-refractivity contribution in [1.29, 1.82) is 0 Å². The summed E-state index contributed by atoms with van der Waals surface area (Å²) in [7, 11) is 1.51. The minimum atomic E-state index is -1.50. The molecule has 2 fully saturated rings. The van der Waals surface area contributed by atoms with Gasteiger partial charge in [0.2, 0.25) is 17.7 Å². The fourth-order valence-corrected chi connectivity index (χ4v) is 8.55. The number of aliphatic hydroxyl groups excluding tert-OH is 1. The zero-order valence-corrected chi connectivity index (χ0v) is 30.0. The summed E-state index contributed by atoms with van der Waals surface area (Å²) in [6, 6.07) is 16.0. The Morgan fingerprint density at radius 2 is 1.70 bits per heavy atom. The number of benzene rings is 2. The molecule has 2 saturated heterocycles. The van der Waals surface area contributed by atoms with Crippen LogP contribution in [0.3, 0.4) is 0 Å². The quantitative estimate of drug-likeness (QED) is 0.309. The Labute approximate surface area is 300 Å². The second-order valence-electron chi connectivity index (χ2n) is 13.7. The van der Waals surface area contributed by atoms with E-state index in [-0.39, 0.29) is 50.5 Å². The molecule has 5 bridgehead atoms. The van der Waals surface area contributed by atoms with E-state index in [1.807, 2.05) is 74.5 Å². The number of halogens is 1. The number of nitrogens with one attached hydrogen (secondary N) is 1. The third-order valence-electron chi connectivity index (χ3n) is 10.2. The number of fused-ring (bicyclic) bond motifs is 2. The number of cyclic esters (lactones) is 1. The Balaban J connectivity index is 1.48. The van der Waals surface area contributed by atoms with Crippen LogP contribution in [0.4, 0.5) is 0 Å². The predicted molar refractivity (Wildman–Crippen MR) is 187 cm³/mol. The molecule has 266 valence electrons. The molecule has 12 heteroatoms. The average Bonchev–Trinajstić information content (AvgIpc) is 3.70. The van der Waals surface area contributed by atoms with E-state index in [4.69, 9.17) is 14.2 Å². The summed E-state index contributed by atoms with van der Waals surface area (Å²) >= 11 is 3.61. The van der Waals surface area contributed by atoms with Gasteiger partial charge in [0.15, 0.2) is 0 Å². The van der Waals surface area contributed by atoms with Crippen molar-refractivity contribution < 1.29 is 38.5 Å². The lowest BCUT2D eigenvalue weighted by Crippen LogP contribution is -2.59. The van der Waals surface area contributed by atoms with Crippen LogP contribution in [0.25, 0.3) is 0 Å². The molecule has 3 amide bonds. The van der Waals surface area contributed by atoms with Crippen molar-refractivity contribution in [2.45, 2.75) is 69.2 Å². The van der Waals surface area contributed by atoms with E-state index < -0.39 is 59.6 Å². The van der Waals surface area contributed by atoms with Gasteiger partial charge in [-0.2, -0.15) is 0 Å². The van der Waals surface area contributed by atoms with Crippen LogP contribution in [0.15, 0.2) is 83.4 Å². The molecule has 1 spiro atoms. The summed E-state index contributed by atoms with van der Waals surface area (Å²) in [4.78, 5) is 60.7. The number of amides is 3. The topological polar surface area (TPSA) is 135 Å². The molecule has 8 atom stereocenters. The number of esters is 1. The van der Waals surface area contributed by atoms with Crippen LogP contribution in [0.1, 0.15) is 43.9 Å². The van der Waals surface area contributed by atoms with Gasteiger partial charge in [0.1, 0.15) is 29.8 Å². The molecule has 4 aliphatic rings. The first-order valence-corrected chi connectivity index (χ1v) is 17.9. The van der Waals surface area contributed by atoms with E-state index in [9.17, 15) is 19.5 Å². The Kier molecular flexibility index (Phi) is 10.9. The van der Waals surface area contributed by atoms with Gasteiger partial charge in [0.25, 0.3) is 0 Å². The summed E-state index contributed by atoms with van der Waals surface area (Å²) in [5.41, 5.74) is 0.0232. The number of rotatable bonds is 8. The molecule has 50 heavy (non-hydrogen) atoms. The van der Waals surface area contributed by atoms with Gasteiger partial charge in [-0.3, -0.25) is 19.2 Å². The molecule has 2 aromatic carbocycles. The standard InChI is InChI=1S/C38H44BrN3O8/c1-23(2)28(21-43)42-34-36(46)41(20-24-13-7-4-8-14-24)18-12-6-11-17-29(44)40-27(22-48-3)32(25-15-9-5-10-16-25)49-37(47)30-31(35(42)45)38(34)19-26(39)33(30)50-38/h4-10,12-16,19,23,27-28,30-34,43H,11,17-18,20-22H2,1-3H3,(H,40,44)/b12-6-/t27-,28-,30+,31-,32-,33+,34+,38-/m0/s1. The van der Waals surface area contributed by atoms with Crippen molar-refractivity contribution in [3.05, 3.63) is 94.5 Å². The number of likely N-dealkylation sites (tertiary alicyclic amines) is 1. The first kappa shape index (κ1) is 36.0. The molecule has 2 aromatic rings. The number of hydrogen-bond acceptors (Lipinski definition) is 8. The van der Waals surface area contributed by atoms with Crippen molar-refractivity contribution in [3.8, 4) is 0 Å². The van der Waals surface area contributed by atoms with Crippen LogP contribution in [0.5, 0.6) is 0 Å². The molecule has 2 N–H and O–H groups in total. The Bertz CT molecular complexity index is 1630. The number of hydrogen-bond donors (Lipinski definition) is 2. The van der Waals surface area contributed by atoms with E-state index in [0.29, 0.717) is 16.5 Å². The minimum absolute atomic E-state index is 0.0558. The molecular weight excluding hydrogens is 706 g/mol. The largest absolute Gasteiger partial charge is 0.455 e. The van der Waals surface area contributed by atoms with Crippen molar-refractivity contribution >= 4 is 39.6 Å². The predicted octanol–water partition coefficient (Wildman–Crippen LogP) is 3.67. The molecule has 11 nitrogen and oxygen atoms in total. The third-order valence-corrected chi connectivity index (χ3v) is 10.9. The maximum atomic E-state index is 15.0. The summed E-state index contributed by atoms with van der Waals surface area (Å²) < 4.78 is 19.0. The van der Waals surface area contributed by atoms with Crippen molar-refractivity contribution in [3.63, 3.8) is 0 Å². The average molecular weight is 751 g/mol. The van der Waals surface area contributed by atoms with Crippen LogP contribution in [0, 0.1) is 17.8 Å². The summed E-state index contributed by atoms with van der Waals surface area (Å²) in [5.74, 6) is -4.20. The van der Waals surface area contributed by atoms with E-state index >= 15 is 4.79 Å². The van der Waals surface area contributed by atoms with E-state index in [1.54, 1.807) is 23.1 Å². The SMILES string of the molecule is COC[C@@H]1NC(=O)CC/C=C\CN(Cc2ccccc2)C(=O)[C@H]2N([C@@H](CO)C(C)C)C(=O)[C@@H]3[C@@H](C(=O)O[C@H]1c1ccccc1)[C@@H]1O[C@@]32C=C1Br. The molecular formula is C38H44BrN3O8. The van der Waals surface area contributed by atoms with E-state index in [2.05, 4.69) is 21.2 Å². The maximum Gasteiger partial charge on any atom is 0.313 e. The lowest BCUT2D eigenvalue weighted by atomic mass is 9.74. The molecule has 4 aliphatic heterocycles. The smallest absolute Gasteiger partial charge is 0.313 e. The van der Waals surface area contributed by atoms with Gasteiger partial charge < -0.3 is 34.4 Å². The summed E-state index contributed by atoms with van der Waals surface area (Å²) in [5, 5.41) is 13.7. The Hall–Kier alpha value is -3.84.